The molecule has 0 amide bonds. The summed E-state index contributed by atoms with van der Waals surface area (Å²) in [6, 6.07) is 0. The average molecular weight is 142 g/mol. The minimum atomic E-state index is -1.73. The molecule has 3 N–H and O–H groups in total. The minimum absolute atomic E-state index is 0.256. The van der Waals surface area contributed by atoms with Gasteiger partial charge in [0, 0.05) is 18.2 Å². The molecule has 1 rings (SSSR count). The maximum absolute atomic E-state index is 9.18. The molecule has 0 unspecified atom stereocenters. The highest BCUT2D eigenvalue weighted by Gasteiger charge is 2.23. The van der Waals surface area contributed by atoms with E-state index in [1.165, 1.54) is 12.4 Å². The van der Waals surface area contributed by atoms with Crippen LogP contribution in [0.4, 0.5) is 0 Å². The summed E-state index contributed by atoms with van der Waals surface area (Å²) in [6.07, 6.45) is 3.11. The van der Waals surface area contributed by atoms with Crippen LogP contribution in [0.2, 0.25) is 0 Å². The highest BCUT2D eigenvalue weighted by Crippen LogP contribution is 2.18. The molecule has 0 spiro atoms. The van der Waals surface area contributed by atoms with Crippen LogP contribution in [0, 0.1) is 0 Å². The molecule has 0 aromatic carbocycles. The first-order chi connectivity index (χ1) is 4.67. The minimum Gasteiger partial charge on any atom is -0.362 e. The van der Waals surface area contributed by atoms with Gasteiger partial charge < -0.3 is 10.2 Å². The molecule has 1 heterocycles. The SMILES string of the molecule is CCC(O)(O)c1cn[nH]c1. The van der Waals surface area contributed by atoms with Crippen LogP contribution in [-0.2, 0) is 5.79 Å². The van der Waals surface area contributed by atoms with Gasteiger partial charge in [0.15, 0.2) is 5.79 Å². The van der Waals surface area contributed by atoms with Crippen LogP contribution in [-0.4, -0.2) is 20.4 Å². The quantitative estimate of drug-likeness (QED) is 0.507. The fourth-order valence-electron chi connectivity index (χ4n) is 0.674. The molecular weight excluding hydrogens is 132 g/mol. The first kappa shape index (κ1) is 7.24. The van der Waals surface area contributed by atoms with Crippen molar-refractivity contribution in [2.45, 2.75) is 19.1 Å². The van der Waals surface area contributed by atoms with Gasteiger partial charge in [-0.1, -0.05) is 6.92 Å². The lowest BCUT2D eigenvalue weighted by Gasteiger charge is -2.16. The lowest BCUT2D eigenvalue weighted by molar-refractivity contribution is -0.171. The lowest BCUT2D eigenvalue weighted by atomic mass is 10.1. The average Bonchev–Trinajstić information content (AvgIpc) is 2.38. The Balaban J connectivity index is 2.85. The molecule has 0 bridgehead atoms. The molecule has 0 atom stereocenters. The predicted octanol–water partition coefficient (Wildman–Crippen LogP) is -0.0429. The largest absolute Gasteiger partial charge is 0.362 e. The Bertz CT molecular complexity index is 194. The summed E-state index contributed by atoms with van der Waals surface area (Å²) in [6.45, 7) is 1.69. The number of hydrogen-bond donors (Lipinski definition) is 3. The Kier molecular flexibility index (Phi) is 1.74. The van der Waals surface area contributed by atoms with Crippen molar-refractivity contribution < 1.29 is 10.2 Å². The molecule has 10 heavy (non-hydrogen) atoms. The van der Waals surface area contributed by atoms with Crippen molar-refractivity contribution in [3.63, 3.8) is 0 Å². The van der Waals surface area contributed by atoms with Crippen LogP contribution in [0.3, 0.4) is 0 Å². The van der Waals surface area contributed by atoms with Gasteiger partial charge in [-0.25, -0.2) is 0 Å². The molecule has 1 aromatic heterocycles. The van der Waals surface area contributed by atoms with E-state index in [2.05, 4.69) is 10.2 Å². The number of aromatic nitrogens is 2. The topological polar surface area (TPSA) is 69.1 Å². The molecule has 4 heteroatoms. The number of aliphatic hydroxyl groups is 2. The van der Waals surface area contributed by atoms with E-state index < -0.39 is 5.79 Å². The number of nitrogens with one attached hydrogen (secondary N) is 1. The van der Waals surface area contributed by atoms with Crippen molar-refractivity contribution in [1.82, 2.24) is 10.2 Å². The maximum atomic E-state index is 9.18. The van der Waals surface area contributed by atoms with E-state index in [1.54, 1.807) is 6.92 Å². The van der Waals surface area contributed by atoms with E-state index in [4.69, 9.17) is 0 Å². The van der Waals surface area contributed by atoms with Gasteiger partial charge in [0.05, 0.1) is 6.20 Å². The molecule has 56 valence electrons. The third-order valence-electron chi connectivity index (χ3n) is 1.45. The van der Waals surface area contributed by atoms with Crippen molar-refractivity contribution in [1.29, 1.82) is 0 Å². The molecule has 0 aliphatic heterocycles. The summed E-state index contributed by atoms with van der Waals surface area (Å²) in [5.41, 5.74) is 0.398. The normalized spacial score (nSPS) is 11.9. The number of aromatic amines is 1. The Hall–Kier alpha value is -0.870. The fraction of sp³-hybridized carbons (Fsp3) is 0.500. The van der Waals surface area contributed by atoms with Crippen molar-refractivity contribution in [3.8, 4) is 0 Å². The van der Waals surface area contributed by atoms with Crippen molar-refractivity contribution in [2.24, 2.45) is 0 Å². The molecule has 0 aliphatic carbocycles. The van der Waals surface area contributed by atoms with E-state index in [1.807, 2.05) is 0 Å². The van der Waals surface area contributed by atoms with Crippen LogP contribution >= 0.6 is 0 Å². The summed E-state index contributed by atoms with van der Waals surface area (Å²) >= 11 is 0. The van der Waals surface area contributed by atoms with Gasteiger partial charge in [0.2, 0.25) is 0 Å². The van der Waals surface area contributed by atoms with Gasteiger partial charge >= 0.3 is 0 Å². The molecule has 0 saturated carbocycles. The van der Waals surface area contributed by atoms with Crippen molar-refractivity contribution >= 4 is 0 Å². The van der Waals surface area contributed by atoms with Gasteiger partial charge in [0.25, 0.3) is 0 Å². The second-order valence-electron chi connectivity index (χ2n) is 2.16. The number of rotatable bonds is 2. The highest BCUT2D eigenvalue weighted by molar-refractivity contribution is 5.09. The van der Waals surface area contributed by atoms with Crippen LogP contribution in [0.25, 0.3) is 0 Å². The van der Waals surface area contributed by atoms with E-state index in [0.29, 0.717) is 5.56 Å². The van der Waals surface area contributed by atoms with Crippen molar-refractivity contribution in [2.75, 3.05) is 0 Å². The molecule has 4 nitrogen and oxygen atoms in total. The zero-order valence-electron chi connectivity index (χ0n) is 5.70. The van der Waals surface area contributed by atoms with Crippen LogP contribution in [0.15, 0.2) is 12.4 Å². The molecule has 0 aliphatic rings. The van der Waals surface area contributed by atoms with Crippen LogP contribution in [0.1, 0.15) is 18.9 Å². The van der Waals surface area contributed by atoms with Gasteiger partial charge in [-0.15, -0.1) is 0 Å². The molecule has 1 aromatic rings. The molecule has 0 radical (unpaired) electrons. The standard InChI is InChI=1S/C6H10N2O2/c1-2-6(9,10)5-3-7-8-4-5/h3-4,9-10H,2H2,1H3,(H,7,8). The van der Waals surface area contributed by atoms with Gasteiger partial charge in [-0.2, -0.15) is 5.10 Å². The Morgan fingerprint density at radius 1 is 1.70 bits per heavy atom. The van der Waals surface area contributed by atoms with Crippen molar-refractivity contribution in [3.05, 3.63) is 18.0 Å². The predicted molar refractivity (Wildman–Crippen MR) is 35.0 cm³/mol. The second-order valence-corrected chi connectivity index (χ2v) is 2.16. The second kappa shape index (κ2) is 2.40. The summed E-state index contributed by atoms with van der Waals surface area (Å²) < 4.78 is 0. The zero-order chi connectivity index (χ0) is 7.61. The molecular formula is C6H10N2O2. The van der Waals surface area contributed by atoms with E-state index in [-0.39, 0.29) is 6.42 Å². The van der Waals surface area contributed by atoms with Crippen LogP contribution in [0.5, 0.6) is 0 Å². The summed E-state index contributed by atoms with van der Waals surface area (Å²) in [5.74, 6) is -1.73. The zero-order valence-corrected chi connectivity index (χ0v) is 5.70. The van der Waals surface area contributed by atoms with Crippen LogP contribution < -0.4 is 0 Å². The third kappa shape index (κ3) is 1.17. The third-order valence-corrected chi connectivity index (χ3v) is 1.45. The number of hydrogen-bond acceptors (Lipinski definition) is 3. The molecule has 0 fully saturated rings. The first-order valence-corrected chi connectivity index (χ1v) is 3.11. The first-order valence-electron chi connectivity index (χ1n) is 3.11. The lowest BCUT2D eigenvalue weighted by Crippen LogP contribution is -2.22. The highest BCUT2D eigenvalue weighted by atomic mass is 16.5. The van der Waals surface area contributed by atoms with Gasteiger partial charge in [0.1, 0.15) is 0 Å². The van der Waals surface area contributed by atoms with Gasteiger partial charge in [-0.05, 0) is 0 Å². The summed E-state index contributed by atoms with van der Waals surface area (Å²) in [7, 11) is 0. The fourth-order valence-corrected chi connectivity index (χ4v) is 0.674. The Morgan fingerprint density at radius 3 is 2.80 bits per heavy atom. The Labute approximate surface area is 58.5 Å². The number of H-pyrrole nitrogens is 1. The monoisotopic (exact) mass is 142 g/mol. The van der Waals surface area contributed by atoms with Gasteiger partial charge in [-0.3, -0.25) is 5.10 Å². The van der Waals surface area contributed by atoms with E-state index in [0.717, 1.165) is 0 Å². The number of nitrogens with zero attached hydrogens (tertiary/aromatic N) is 1. The summed E-state index contributed by atoms with van der Waals surface area (Å²) in [5, 5.41) is 24.4. The Morgan fingerprint density at radius 2 is 2.40 bits per heavy atom. The smallest absolute Gasteiger partial charge is 0.192 e. The van der Waals surface area contributed by atoms with E-state index in [9.17, 15) is 10.2 Å². The van der Waals surface area contributed by atoms with E-state index >= 15 is 0 Å². The maximum Gasteiger partial charge on any atom is 0.192 e. The summed E-state index contributed by atoms with van der Waals surface area (Å²) in [4.78, 5) is 0. The molecule has 0 saturated heterocycles.